The lowest BCUT2D eigenvalue weighted by molar-refractivity contribution is -0.126. The second kappa shape index (κ2) is 7.39. The minimum absolute atomic E-state index is 0.0719. The van der Waals surface area contributed by atoms with E-state index in [2.05, 4.69) is 30.5 Å². The molecule has 0 fully saturated rings. The Morgan fingerprint density at radius 2 is 2.18 bits per heavy atom. The van der Waals surface area contributed by atoms with E-state index in [0.717, 1.165) is 0 Å². The van der Waals surface area contributed by atoms with Gasteiger partial charge in [-0.05, 0) is 12.3 Å². The topological polar surface area (TPSA) is 113 Å². The van der Waals surface area contributed by atoms with Gasteiger partial charge in [0.05, 0.1) is 18.3 Å². The lowest BCUT2D eigenvalue weighted by Crippen LogP contribution is -2.45. The number of carbonyl (C=O) groups is 2. The molecule has 0 aliphatic rings. The molecule has 118 valence electrons. The predicted molar refractivity (Wildman–Crippen MR) is 78.8 cm³/mol. The number of carbonyl (C=O) groups excluding carboxylic acids is 2. The molecule has 8 nitrogen and oxygen atoms in total. The van der Waals surface area contributed by atoms with Crippen molar-refractivity contribution in [2.24, 2.45) is 5.92 Å². The summed E-state index contributed by atoms with van der Waals surface area (Å²) in [5, 5.41) is 15.5. The monoisotopic (exact) mass is 305 g/mol. The predicted octanol–water partition coefficient (Wildman–Crippen LogP) is 1.11. The summed E-state index contributed by atoms with van der Waals surface area (Å²) in [4.78, 5) is 24.3. The Labute approximate surface area is 127 Å². The third kappa shape index (κ3) is 4.72. The van der Waals surface area contributed by atoms with Crippen LogP contribution in [0.25, 0.3) is 0 Å². The summed E-state index contributed by atoms with van der Waals surface area (Å²) in [6.07, 6.45) is 3.54. The van der Waals surface area contributed by atoms with Gasteiger partial charge in [0.25, 0.3) is 0 Å². The number of aromatic amines is 1. The first-order chi connectivity index (χ1) is 10.5. The lowest BCUT2D eigenvalue weighted by atomic mass is 10.0. The van der Waals surface area contributed by atoms with Crippen LogP contribution in [0.1, 0.15) is 26.0 Å². The molecule has 1 unspecified atom stereocenters. The van der Waals surface area contributed by atoms with E-state index < -0.39 is 6.04 Å². The zero-order chi connectivity index (χ0) is 15.9. The molecule has 0 aromatic carbocycles. The molecular weight excluding hydrogens is 286 g/mol. The summed E-state index contributed by atoms with van der Waals surface area (Å²) in [5.74, 6) is 0.181. The number of amides is 2. The largest absolute Gasteiger partial charge is 0.364 e. The van der Waals surface area contributed by atoms with Crippen molar-refractivity contribution in [1.82, 2.24) is 20.7 Å². The third-order valence-electron chi connectivity index (χ3n) is 2.95. The van der Waals surface area contributed by atoms with Gasteiger partial charge >= 0.3 is 0 Å². The van der Waals surface area contributed by atoms with E-state index in [4.69, 9.17) is 0 Å². The van der Waals surface area contributed by atoms with Crippen LogP contribution in [-0.4, -0.2) is 33.2 Å². The molecule has 3 N–H and O–H groups in total. The smallest absolute Gasteiger partial charge is 0.248 e. The highest BCUT2D eigenvalue weighted by Crippen LogP contribution is 2.08. The summed E-state index contributed by atoms with van der Waals surface area (Å²) < 4.78 is 4.68. The summed E-state index contributed by atoms with van der Waals surface area (Å²) >= 11 is 0. The van der Waals surface area contributed by atoms with E-state index in [0.29, 0.717) is 17.9 Å². The molecule has 1 atom stereocenters. The fraction of sp³-hybridized carbons (Fsp3) is 0.429. The zero-order valence-electron chi connectivity index (χ0n) is 12.5. The number of hydrogen-bond acceptors (Lipinski definition) is 5. The Bertz CT molecular complexity index is 592. The molecule has 2 rings (SSSR count). The first-order valence-corrected chi connectivity index (χ1v) is 7.03. The fourth-order valence-electron chi connectivity index (χ4n) is 1.99. The van der Waals surface area contributed by atoms with Gasteiger partial charge in [-0.25, -0.2) is 0 Å². The van der Waals surface area contributed by atoms with E-state index in [1.165, 1.54) is 12.5 Å². The van der Waals surface area contributed by atoms with Crippen molar-refractivity contribution in [3.8, 4) is 0 Å². The highest BCUT2D eigenvalue weighted by Gasteiger charge is 2.22. The Morgan fingerprint density at radius 3 is 2.77 bits per heavy atom. The van der Waals surface area contributed by atoms with Crippen LogP contribution in [0.5, 0.6) is 0 Å². The SMILES string of the molecule is CC(C)CC(NC(=O)Cc1ccon1)C(=O)Nc1ccn[nH]1. The number of hydrogen-bond donors (Lipinski definition) is 3. The van der Waals surface area contributed by atoms with Crippen molar-refractivity contribution in [2.45, 2.75) is 32.7 Å². The molecule has 2 aromatic rings. The zero-order valence-corrected chi connectivity index (χ0v) is 12.5. The van der Waals surface area contributed by atoms with Crippen molar-refractivity contribution >= 4 is 17.6 Å². The van der Waals surface area contributed by atoms with Crippen LogP contribution in [-0.2, 0) is 16.0 Å². The van der Waals surface area contributed by atoms with E-state index in [1.54, 1.807) is 12.1 Å². The van der Waals surface area contributed by atoms with Gasteiger partial charge in [0.2, 0.25) is 11.8 Å². The average molecular weight is 305 g/mol. The lowest BCUT2D eigenvalue weighted by Gasteiger charge is -2.19. The van der Waals surface area contributed by atoms with Gasteiger partial charge in [-0.1, -0.05) is 19.0 Å². The van der Waals surface area contributed by atoms with E-state index >= 15 is 0 Å². The molecule has 22 heavy (non-hydrogen) atoms. The number of nitrogens with zero attached hydrogens (tertiary/aromatic N) is 2. The Morgan fingerprint density at radius 1 is 1.36 bits per heavy atom. The van der Waals surface area contributed by atoms with Gasteiger partial charge in [-0.15, -0.1) is 0 Å². The molecule has 0 spiro atoms. The fourth-order valence-corrected chi connectivity index (χ4v) is 1.99. The number of aromatic nitrogens is 3. The van der Waals surface area contributed by atoms with Crippen LogP contribution >= 0.6 is 0 Å². The average Bonchev–Trinajstić information content (AvgIpc) is 3.10. The normalized spacial score (nSPS) is 12.1. The highest BCUT2D eigenvalue weighted by molar-refractivity contribution is 5.96. The first-order valence-electron chi connectivity index (χ1n) is 7.03. The molecule has 0 saturated carbocycles. The van der Waals surface area contributed by atoms with Crippen LogP contribution in [0.15, 0.2) is 29.1 Å². The van der Waals surface area contributed by atoms with Crippen molar-refractivity contribution in [3.05, 3.63) is 30.3 Å². The Kier molecular flexibility index (Phi) is 5.29. The molecule has 0 bridgehead atoms. The second-order valence-electron chi connectivity index (χ2n) is 5.38. The maximum Gasteiger partial charge on any atom is 0.248 e. The molecule has 0 aliphatic carbocycles. The number of rotatable bonds is 7. The van der Waals surface area contributed by atoms with E-state index in [1.807, 2.05) is 13.8 Å². The molecule has 2 heterocycles. The van der Waals surface area contributed by atoms with Gasteiger partial charge < -0.3 is 15.2 Å². The van der Waals surface area contributed by atoms with E-state index in [9.17, 15) is 9.59 Å². The molecule has 0 radical (unpaired) electrons. The quantitative estimate of drug-likeness (QED) is 0.709. The van der Waals surface area contributed by atoms with Gasteiger partial charge in [0.15, 0.2) is 0 Å². The van der Waals surface area contributed by atoms with Gasteiger partial charge in [0.1, 0.15) is 18.1 Å². The van der Waals surface area contributed by atoms with Crippen LogP contribution < -0.4 is 10.6 Å². The maximum absolute atomic E-state index is 12.3. The summed E-state index contributed by atoms with van der Waals surface area (Å²) in [5.41, 5.74) is 0.523. The third-order valence-corrected chi connectivity index (χ3v) is 2.95. The summed E-state index contributed by atoms with van der Waals surface area (Å²) in [7, 11) is 0. The number of H-pyrrole nitrogens is 1. The van der Waals surface area contributed by atoms with Gasteiger partial charge in [-0.3, -0.25) is 14.7 Å². The van der Waals surface area contributed by atoms with Crippen molar-refractivity contribution in [2.75, 3.05) is 5.32 Å². The molecular formula is C14H19N5O3. The summed E-state index contributed by atoms with van der Waals surface area (Å²) in [6.45, 7) is 3.97. The Balaban J connectivity index is 1.95. The number of anilines is 1. The van der Waals surface area contributed by atoms with E-state index in [-0.39, 0.29) is 24.2 Å². The summed E-state index contributed by atoms with van der Waals surface area (Å²) in [6, 6.07) is 2.63. The van der Waals surface area contributed by atoms with Gasteiger partial charge in [-0.2, -0.15) is 5.10 Å². The van der Waals surface area contributed by atoms with Crippen molar-refractivity contribution in [1.29, 1.82) is 0 Å². The van der Waals surface area contributed by atoms with Crippen molar-refractivity contribution < 1.29 is 14.1 Å². The standard InChI is InChI=1S/C14H19N5O3/c1-9(2)7-11(14(21)17-12-3-5-15-18-12)16-13(20)8-10-4-6-22-19-10/h3-6,9,11H,7-8H2,1-2H3,(H,16,20)(H2,15,17,18,21). The van der Waals surface area contributed by atoms with Gasteiger partial charge in [0, 0.05) is 12.1 Å². The second-order valence-corrected chi connectivity index (χ2v) is 5.38. The highest BCUT2D eigenvalue weighted by atomic mass is 16.5. The van der Waals surface area contributed by atoms with Crippen molar-refractivity contribution in [3.63, 3.8) is 0 Å². The molecule has 0 saturated heterocycles. The molecule has 8 heteroatoms. The van der Waals surface area contributed by atoms with Crippen LogP contribution in [0.3, 0.4) is 0 Å². The van der Waals surface area contributed by atoms with Crippen LogP contribution in [0, 0.1) is 5.92 Å². The molecule has 2 amide bonds. The maximum atomic E-state index is 12.3. The molecule has 2 aromatic heterocycles. The first kappa shape index (κ1) is 15.7. The Hall–Kier alpha value is -2.64. The van der Waals surface area contributed by atoms with Crippen LogP contribution in [0.2, 0.25) is 0 Å². The number of nitrogens with one attached hydrogen (secondary N) is 3. The minimum atomic E-state index is -0.622. The van der Waals surface area contributed by atoms with Crippen LogP contribution in [0.4, 0.5) is 5.82 Å². The molecule has 0 aliphatic heterocycles. The minimum Gasteiger partial charge on any atom is -0.364 e.